The van der Waals surface area contributed by atoms with Crippen molar-refractivity contribution in [3.8, 4) is 0 Å². The third-order valence-electron chi connectivity index (χ3n) is 3.21. The molecule has 1 aromatic rings. The number of rotatable bonds is 6. The molecule has 1 aliphatic carbocycles. The molecule has 7 heteroatoms. The van der Waals surface area contributed by atoms with Gasteiger partial charge < -0.3 is 20.7 Å². The number of carbonyl (C=O) groups is 2. The van der Waals surface area contributed by atoms with Gasteiger partial charge in [0.15, 0.2) is 0 Å². The molecule has 3 N–H and O–H groups in total. The highest BCUT2D eigenvalue weighted by atomic mass is 19.1. The highest BCUT2D eigenvalue weighted by Gasteiger charge is 2.22. The fourth-order valence-corrected chi connectivity index (χ4v) is 2.00. The van der Waals surface area contributed by atoms with Crippen molar-refractivity contribution in [2.45, 2.75) is 51.7 Å². The number of nitrogens with one attached hydrogen (secondary N) is 3. The Hall–Kier alpha value is -2.31. The number of anilines is 2. The minimum absolute atomic E-state index is 0.0967. The van der Waals surface area contributed by atoms with Gasteiger partial charge in [0, 0.05) is 19.0 Å². The molecule has 1 aromatic carbocycles. The smallest absolute Gasteiger partial charge is 0.407 e. The average Bonchev–Trinajstić information content (AvgIpc) is 3.24. The van der Waals surface area contributed by atoms with Crippen LogP contribution in [0.15, 0.2) is 18.2 Å². The molecule has 1 fully saturated rings. The Morgan fingerprint density at radius 2 is 1.96 bits per heavy atom. The summed E-state index contributed by atoms with van der Waals surface area (Å²) in [7, 11) is 0. The van der Waals surface area contributed by atoms with Gasteiger partial charge in [-0.15, -0.1) is 0 Å². The third-order valence-corrected chi connectivity index (χ3v) is 3.21. The Kier molecular flexibility index (Phi) is 5.64. The van der Waals surface area contributed by atoms with Gasteiger partial charge in [0.05, 0.1) is 11.4 Å². The van der Waals surface area contributed by atoms with Gasteiger partial charge >= 0.3 is 6.09 Å². The second-order valence-electron chi connectivity index (χ2n) is 6.84. The second-order valence-corrected chi connectivity index (χ2v) is 6.84. The number of hydrogen-bond acceptors (Lipinski definition) is 4. The quantitative estimate of drug-likeness (QED) is 0.744. The summed E-state index contributed by atoms with van der Waals surface area (Å²) >= 11 is 0. The van der Waals surface area contributed by atoms with Gasteiger partial charge in [-0.25, -0.2) is 9.18 Å². The Labute approximate surface area is 141 Å². The number of ether oxygens (including phenoxy) is 1. The topological polar surface area (TPSA) is 79.5 Å². The van der Waals surface area contributed by atoms with Crippen LogP contribution in [0.25, 0.3) is 0 Å². The summed E-state index contributed by atoms with van der Waals surface area (Å²) in [6.07, 6.45) is 1.63. The predicted octanol–water partition coefficient (Wildman–Crippen LogP) is 3.25. The van der Waals surface area contributed by atoms with Crippen molar-refractivity contribution >= 4 is 23.4 Å². The van der Waals surface area contributed by atoms with Crippen molar-refractivity contribution in [3.63, 3.8) is 0 Å². The van der Waals surface area contributed by atoms with E-state index >= 15 is 0 Å². The molecule has 0 atom stereocenters. The summed E-state index contributed by atoms with van der Waals surface area (Å²) in [5.41, 5.74) is 0.528. The molecular weight excluding hydrogens is 313 g/mol. The molecule has 0 radical (unpaired) electrons. The van der Waals surface area contributed by atoms with Gasteiger partial charge in [0.25, 0.3) is 0 Å². The number of halogens is 1. The first-order chi connectivity index (χ1) is 11.2. The molecule has 0 aliphatic heterocycles. The lowest BCUT2D eigenvalue weighted by Crippen LogP contribution is -2.34. The van der Waals surface area contributed by atoms with Crippen LogP contribution >= 0.6 is 0 Å². The standard InChI is InChI=1S/C17H24FN3O3/c1-17(2,3)24-16(23)19-9-8-15(22)21-13-7-4-11(18)10-14(13)20-12-5-6-12/h4,7,10,12,20H,5-6,8-9H2,1-3H3,(H,19,23)(H,21,22). The van der Waals surface area contributed by atoms with Gasteiger partial charge in [-0.2, -0.15) is 0 Å². The molecule has 6 nitrogen and oxygen atoms in total. The summed E-state index contributed by atoms with van der Waals surface area (Å²) in [4.78, 5) is 23.5. The van der Waals surface area contributed by atoms with E-state index in [1.165, 1.54) is 18.2 Å². The molecule has 0 heterocycles. The fraction of sp³-hybridized carbons (Fsp3) is 0.529. The Morgan fingerprint density at radius 1 is 1.25 bits per heavy atom. The van der Waals surface area contributed by atoms with Gasteiger partial charge in [0.1, 0.15) is 11.4 Å². The minimum Gasteiger partial charge on any atom is -0.444 e. The molecule has 24 heavy (non-hydrogen) atoms. The highest BCUT2D eigenvalue weighted by Crippen LogP contribution is 2.30. The lowest BCUT2D eigenvalue weighted by molar-refractivity contribution is -0.116. The normalized spacial score (nSPS) is 14.0. The number of benzene rings is 1. The maximum absolute atomic E-state index is 13.4. The van der Waals surface area contributed by atoms with Crippen molar-refractivity contribution in [1.29, 1.82) is 0 Å². The molecule has 2 amide bonds. The average molecular weight is 337 g/mol. The molecule has 0 spiro atoms. The maximum atomic E-state index is 13.4. The third kappa shape index (κ3) is 6.44. The van der Waals surface area contributed by atoms with E-state index in [1.54, 1.807) is 20.8 Å². The number of hydrogen-bond donors (Lipinski definition) is 3. The van der Waals surface area contributed by atoms with Crippen LogP contribution in [0.5, 0.6) is 0 Å². The van der Waals surface area contributed by atoms with E-state index < -0.39 is 11.7 Å². The Morgan fingerprint density at radius 3 is 2.58 bits per heavy atom. The summed E-state index contributed by atoms with van der Waals surface area (Å²) < 4.78 is 18.5. The Balaban J connectivity index is 1.81. The van der Waals surface area contributed by atoms with Crippen molar-refractivity contribution in [2.75, 3.05) is 17.2 Å². The van der Waals surface area contributed by atoms with E-state index in [1.807, 2.05) is 0 Å². The number of amides is 2. The van der Waals surface area contributed by atoms with Gasteiger partial charge in [-0.05, 0) is 51.8 Å². The van der Waals surface area contributed by atoms with Crippen LogP contribution in [0.4, 0.5) is 20.6 Å². The molecule has 1 aliphatic rings. The first-order valence-corrected chi connectivity index (χ1v) is 8.06. The monoisotopic (exact) mass is 337 g/mol. The van der Waals surface area contributed by atoms with Crippen molar-refractivity contribution < 1.29 is 18.7 Å². The summed E-state index contributed by atoms with van der Waals surface area (Å²) in [6.45, 7) is 5.46. The van der Waals surface area contributed by atoms with Gasteiger partial charge in [-0.3, -0.25) is 4.79 Å². The largest absolute Gasteiger partial charge is 0.444 e. The molecule has 0 saturated heterocycles. The van der Waals surface area contributed by atoms with Crippen LogP contribution < -0.4 is 16.0 Å². The molecule has 0 bridgehead atoms. The second kappa shape index (κ2) is 7.51. The zero-order valence-corrected chi connectivity index (χ0v) is 14.2. The van der Waals surface area contributed by atoms with Gasteiger partial charge in [-0.1, -0.05) is 0 Å². The van der Waals surface area contributed by atoms with E-state index in [2.05, 4.69) is 16.0 Å². The maximum Gasteiger partial charge on any atom is 0.407 e. The SMILES string of the molecule is CC(C)(C)OC(=O)NCCC(=O)Nc1ccc(F)cc1NC1CC1. The summed E-state index contributed by atoms with van der Waals surface area (Å²) in [5, 5.41) is 8.44. The van der Waals surface area contributed by atoms with Crippen LogP contribution in [0.1, 0.15) is 40.0 Å². The van der Waals surface area contributed by atoms with Crippen LogP contribution in [-0.4, -0.2) is 30.2 Å². The van der Waals surface area contributed by atoms with Crippen LogP contribution in [-0.2, 0) is 9.53 Å². The number of carbonyl (C=O) groups excluding carboxylic acids is 2. The van der Waals surface area contributed by atoms with Crippen LogP contribution in [0, 0.1) is 5.82 Å². The minimum atomic E-state index is -0.580. The zero-order chi connectivity index (χ0) is 17.7. The van der Waals surface area contributed by atoms with E-state index in [0.717, 1.165) is 12.8 Å². The van der Waals surface area contributed by atoms with E-state index in [4.69, 9.17) is 4.74 Å². The molecule has 132 valence electrons. The lowest BCUT2D eigenvalue weighted by Gasteiger charge is -2.19. The number of alkyl carbamates (subject to hydrolysis) is 1. The van der Waals surface area contributed by atoms with E-state index in [-0.39, 0.29) is 24.7 Å². The Bertz CT molecular complexity index is 610. The van der Waals surface area contributed by atoms with Crippen molar-refractivity contribution in [1.82, 2.24) is 5.32 Å². The van der Waals surface area contributed by atoms with Gasteiger partial charge in [0.2, 0.25) is 5.91 Å². The van der Waals surface area contributed by atoms with Crippen molar-refractivity contribution in [3.05, 3.63) is 24.0 Å². The summed E-state index contributed by atoms with van der Waals surface area (Å²) in [6, 6.07) is 4.54. The van der Waals surface area contributed by atoms with Crippen LogP contribution in [0.2, 0.25) is 0 Å². The zero-order valence-electron chi connectivity index (χ0n) is 14.2. The molecule has 0 aromatic heterocycles. The first-order valence-electron chi connectivity index (χ1n) is 8.06. The van der Waals surface area contributed by atoms with Crippen molar-refractivity contribution in [2.24, 2.45) is 0 Å². The van der Waals surface area contributed by atoms with E-state index in [0.29, 0.717) is 17.4 Å². The molecular formula is C17H24FN3O3. The molecule has 0 unspecified atom stereocenters. The first kappa shape index (κ1) is 18.0. The summed E-state index contributed by atoms with van der Waals surface area (Å²) in [5.74, 6) is -0.626. The highest BCUT2D eigenvalue weighted by molar-refractivity contribution is 5.94. The predicted molar refractivity (Wildman–Crippen MR) is 90.5 cm³/mol. The lowest BCUT2D eigenvalue weighted by atomic mass is 10.2. The fourth-order valence-electron chi connectivity index (χ4n) is 2.00. The van der Waals surface area contributed by atoms with E-state index in [9.17, 15) is 14.0 Å². The van der Waals surface area contributed by atoms with Crippen LogP contribution in [0.3, 0.4) is 0 Å². The molecule has 1 saturated carbocycles. The molecule has 2 rings (SSSR count).